The number of hydrogen-bond donors (Lipinski definition) is 0. The van der Waals surface area contributed by atoms with Gasteiger partial charge in [0.15, 0.2) is 17.3 Å². The van der Waals surface area contributed by atoms with Crippen LogP contribution >= 0.6 is 0 Å². The van der Waals surface area contributed by atoms with Crippen molar-refractivity contribution in [2.45, 2.75) is 12.5 Å². The van der Waals surface area contributed by atoms with Crippen LogP contribution in [-0.4, -0.2) is 102 Å². The average Bonchev–Trinajstić information content (AvgIpc) is 3.55. The normalized spacial score (nSPS) is 16.2. The Hall–Kier alpha value is -4.19. The predicted molar refractivity (Wildman–Crippen MR) is 136 cm³/mol. The molecule has 0 spiro atoms. The van der Waals surface area contributed by atoms with Gasteiger partial charge in [-0.3, -0.25) is 9.69 Å². The van der Waals surface area contributed by atoms with Crippen LogP contribution in [0.5, 0.6) is 17.2 Å². The number of guanidine groups is 1. The lowest BCUT2D eigenvalue weighted by Gasteiger charge is -2.34. The maximum absolute atomic E-state index is 12.8. The van der Waals surface area contributed by atoms with E-state index >= 15 is 0 Å². The summed E-state index contributed by atoms with van der Waals surface area (Å²) in [6, 6.07) is 8.82. The summed E-state index contributed by atoms with van der Waals surface area (Å²) in [6.07, 6.45) is 0.829. The van der Waals surface area contributed by atoms with E-state index in [9.17, 15) is 4.79 Å². The van der Waals surface area contributed by atoms with Gasteiger partial charge in [-0.1, -0.05) is 0 Å². The molecule has 12 nitrogen and oxygen atoms in total. The van der Waals surface area contributed by atoms with Crippen LogP contribution in [-0.2, 0) is 6.42 Å². The number of rotatable bonds is 4. The van der Waals surface area contributed by atoms with Gasteiger partial charge in [-0.2, -0.15) is 9.67 Å². The third-order valence-corrected chi connectivity index (χ3v) is 6.49. The van der Waals surface area contributed by atoms with E-state index in [2.05, 4.69) is 25.4 Å². The first-order valence-corrected chi connectivity index (χ1v) is 11.9. The van der Waals surface area contributed by atoms with E-state index in [0.717, 1.165) is 29.8 Å². The van der Waals surface area contributed by atoms with Crippen LogP contribution in [0, 0.1) is 0 Å². The van der Waals surface area contributed by atoms with Crippen LogP contribution in [0.25, 0.3) is 5.69 Å². The highest BCUT2D eigenvalue weighted by atomic mass is 16.7. The largest absolute Gasteiger partial charge is 0.492 e. The lowest BCUT2D eigenvalue weighted by atomic mass is 9.90. The van der Waals surface area contributed by atoms with Gasteiger partial charge in [0.05, 0.1) is 12.8 Å². The number of hydrogen-bond acceptors (Lipinski definition) is 8. The minimum absolute atomic E-state index is 0.159. The highest BCUT2D eigenvalue weighted by molar-refractivity contribution is 6.02. The zero-order valence-corrected chi connectivity index (χ0v) is 21.8. The lowest BCUT2D eigenvalue weighted by molar-refractivity contribution is 0.0999. The summed E-state index contributed by atoms with van der Waals surface area (Å²) in [5, 5.41) is 12.7. The number of aromatic nitrogens is 4. The molecule has 5 rings (SSSR count). The molecule has 0 saturated heterocycles. The quantitative estimate of drug-likeness (QED) is 0.382. The van der Waals surface area contributed by atoms with E-state index in [1.807, 2.05) is 53.4 Å². The Bertz CT molecular complexity index is 1340. The minimum atomic E-state index is -0.331. The van der Waals surface area contributed by atoms with Crippen LogP contribution < -0.4 is 14.2 Å². The zero-order valence-electron chi connectivity index (χ0n) is 21.8. The van der Waals surface area contributed by atoms with Gasteiger partial charge in [0.2, 0.25) is 18.5 Å². The van der Waals surface area contributed by atoms with Crippen molar-refractivity contribution in [3.63, 3.8) is 0 Å². The first kappa shape index (κ1) is 24.5. The molecule has 2 aromatic carbocycles. The molecule has 0 fully saturated rings. The number of fused-ring (bicyclic) bond motifs is 2. The third kappa shape index (κ3) is 4.33. The maximum Gasteiger partial charge on any atom is 0.280 e. The van der Waals surface area contributed by atoms with Crippen molar-refractivity contribution in [1.29, 1.82) is 0 Å². The van der Waals surface area contributed by atoms with Crippen LogP contribution in [0.1, 0.15) is 33.4 Å². The van der Waals surface area contributed by atoms with Gasteiger partial charge in [0.1, 0.15) is 6.04 Å². The van der Waals surface area contributed by atoms with Crippen molar-refractivity contribution in [3.05, 3.63) is 52.8 Å². The molecule has 37 heavy (non-hydrogen) atoms. The van der Waals surface area contributed by atoms with Gasteiger partial charge in [-0.15, -0.1) is 5.10 Å². The van der Waals surface area contributed by atoms with Crippen LogP contribution in [0.15, 0.2) is 35.3 Å². The molecule has 2 aliphatic rings. The second-order valence-corrected chi connectivity index (χ2v) is 9.35. The lowest BCUT2D eigenvalue weighted by Crippen LogP contribution is -2.36. The SMILES string of the molecule is COc1c2c(cc3c1[C@H](c1nnnn1-c1ccc(C(=O)N=C(N(C)C)N(C)C)cc1)N(C)CC3)OCO2. The Labute approximate surface area is 215 Å². The number of carbonyl (C=O) groups is 1. The summed E-state index contributed by atoms with van der Waals surface area (Å²) in [7, 11) is 11.0. The monoisotopic (exact) mass is 506 g/mol. The molecular weight excluding hydrogens is 476 g/mol. The molecule has 1 aromatic heterocycles. The molecule has 3 heterocycles. The molecule has 0 aliphatic carbocycles. The molecule has 0 N–H and O–H groups in total. The van der Waals surface area contributed by atoms with E-state index in [4.69, 9.17) is 14.2 Å². The topological polar surface area (TPSA) is 110 Å². The Morgan fingerprint density at radius 3 is 2.54 bits per heavy atom. The van der Waals surface area contributed by atoms with Gasteiger partial charge in [-0.25, -0.2) is 0 Å². The van der Waals surface area contributed by atoms with Crippen molar-refractivity contribution in [3.8, 4) is 22.9 Å². The summed E-state index contributed by atoms with van der Waals surface area (Å²) in [6.45, 7) is 0.964. The highest BCUT2D eigenvalue weighted by Crippen LogP contribution is 2.50. The summed E-state index contributed by atoms with van der Waals surface area (Å²) in [5.74, 6) is 2.77. The Kier molecular flexibility index (Phi) is 6.42. The molecule has 1 atom stereocenters. The fourth-order valence-corrected chi connectivity index (χ4v) is 4.81. The number of amides is 1. The summed E-state index contributed by atoms with van der Waals surface area (Å²) < 4.78 is 18.9. The standard InChI is InChI=1S/C25H30N8O4/c1-30(2)25(31(3)4)26-24(34)15-7-9-17(10-8-15)33-23(27-28-29-33)20-19-16(11-12-32(20)5)13-18-21(22(19)35-6)37-14-36-18/h7-10,13,20H,11-12,14H2,1-6H3/t20-/m1/s1. The summed E-state index contributed by atoms with van der Waals surface area (Å²) in [4.78, 5) is 22.8. The third-order valence-electron chi connectivity index (χ3n) is 6.49. The van der Waals surface area contributed by atoms with Gasteiger partial charge in [-0.05, 0) is 59.8 Å². The molecule has 2 aliphatic heterocycles. The van der Waals surface area contributed by atoms with Gasteiger partial charge >= 0.3 is 0 Å². The molecule has 0 bridgehead atoms. The zero-order chi connectivity index (χ0) is 26.3. The highest BCUT2D eigenvalue weighted by Gasteiger charge is 2.37. The van der Waals surface area contributed by atoms with Crippen molar-refractivity contribution in [1.82, 2.24) is 34.9 Å². The molecule has 12 heteroatoms. The second kappa shape index (κ2) is 9.69. The van der Waals surface area contributed by atoms with Crippen LogP contribution in [0.4, 0.5) is 0 Å². The van der Waals surface area contributed by atoms with E-state index in [-0.39, 0.29) is 18.7 Å². The molecule has 0 radical (unpaired) electrons. The maximum atomic E-state index is 12.8. The van der Waals surface area contributed by atoms with Gasteiger partial charge < -0.3 is 24.0 Å². The molecule has 194 valence electrons. The molecule has 0 unspecified atom stereocenters. The number of carbonyl (C=O) groups excluding carboxylic acids is 1. The number of benzene rings is 2. The number of methoxy groups -OCH3 is 1. The Morgan fingerprint density at radius 1 is 1.14 bits per heavy atom. The van der Waals surface area contributed by atoms with Gasteiger partial charge in [0, 0.05) is 45.9 Å². The molecule has 3 aromatic rings. The minimum Gasteiger partial charge on any atom is -0.492 e. The molecule has 1 amide bonds. The number of likely N-dealkylation sites (N-methyl/N-ethyl adjacent to an activating group) is 1. The van der Waals surface area contributed by atoms with Crippen molar-refractivity contribution < 1.29 is 19.0 Å². The first-order chi connectivity index (χ1) is 17.8. The van der Waals surface area contributed by atoms with Crippen molar-refractivity contribution >= 4 is 11.9 Å². The van der Waals surface area contributed by atoms with Gasteiger partial charge in [0.25, 0.3) is 5.91 Å². The van der Waals surface area contributed by atoms with E-state index < -0.39 is 0 Å². The Balaban J connectivity index is 1.51. The fourth-order valence-electron chi connectivity index (χ4n) is 4.81. The number of aliphatic imine (C=N–C) groups is 1. The van der Waals surface area contributed by atoms with E-state index in [1.54, 1.807) is 33.7 Å². The molecule has 0 saturated carbocycles. The summed E-state index contributed by atoms with van der Waals surface area (Å²) in [5.41, 5.74) is 3.25. The van der Waals surface area contributed by atoms with Crippen LogP contribution in [0.2, 0.25) is 0 Å². The average molecular weight is 507 g/mol. The number of ether oxygens (including phenoxy) is 3. The second-order valence-electron chi connectivity index (χ2n) is 9.35. The van der Waals surface area contributed by atoms with Crippen molar-refractivity contribution in [2.24, 2.45) is 4.99 Å². The van der Waals surface area contributed by atoms with Crippen LogP contribution in [0.3, 0.4) is 0 Å². The molecular formula is C25H30N8O4. The fraction of sp³-hybridized carbons (Fsp3) is 0.400. The predicted octanol–water partition coefficient (Wildman–Crippen LogP) is 1.60. The van der Waals surface area contributed by atoms with E-state index in [1.165, 1.54) is 0 Å². The first-order valence-electron chi connectivity index (χ1n) is 11.9. The van der Waals surface area contributed by atoms with Crippen molar-refractivity contribution in [2.75, 3.05) is 55.7 Å². The Morgan fingerprint density at radius 2 is 1.86 bits per heavy atom. The number of tetrazole rings is 1. The number of nitrogens with zero attached hydrogens (tertiary/aromatic N) is 8. The summed E-state index contributed by atoms with van der Waals surface area (Å²) >= 11 is 0. The van der Waals surface area contributed by atoms with E-state index in [0.29, 0.717) is 34.6 Å². The smallest absolute Gasteiger partial charge is 0.280 e.